The average Bonchev–Trinajstić information content (AvgIpc) is 2.37. The van der Waals surface area contributed by atoms with Crippen LogP contribution in [0, 0.1) is 18.6 Å². The first kappa shape index (κ1) is 13.6. The predicted octanol–water partition coefficient (Wildman–Crippen LogP) is 3.52. The maximum absolute atomic E-state index is 13.6. The Balaban J connectivity index is 2.05. The van der Waals surface area contributed by atoms with E-state index in [-0.39, 0.29) is 6.04 Å². The highest BCUT2D eigenvalue weighted by Gasteiger charge is 2.11. The number of hydrogen-bond acceptors (Lipinski definition) is 2. The summed E-state index contributed by atoms with van der Waals surface area (Å²) in [5.41, 5.74) is 2.66. The Bertz CT molecular complexity index is 570. The van der Waals surface area contributed by atoms with Crippen LogP contribution in [0.25, 0.3) is 0 Å². The Kier molecular flexibility index (Phi) is 4.22. The van der Waals surface area contributed by atoms with Gasteiger partial charge < -0.3 is 5.32 Å². The molecular weight excluding hydrogens is 246 g/mol. The van der Waals surface area contributed by atoms with Gasteiger partial charge in [-0.05, 0) is 37.1 Å². The second kappa shape index (κ2) is 5.89. The summed E-state index contributed by atoms with van der Waals surface area (Å²) in [6.07, 6.45) is 3.53. The highest BCUT2D eigenvalue weighted by atomic mass is 19.1. The summed E-state index contributed by atoms with van der Waals surface area (Å²) < 4.78 is 26.5. The van der Waals surface area contributed by atoms with Crippen LogP contribution in [0.1, 0.15) is 29.7 Å². The molecule has 0 radical (unpaired) electrons. The number of aromatic nitrogens is 1. The van der Waals surface area contributed by atoms with Gasteiger partial charge >= 0.3 is 0 Å². The quantitative estimate of drug-likeness (QED) is 0.912. The molecule has 19 heavy (non-hydrogen) atoms. The fourth-order valence-electron chi connectivity index (χ4n) is 1.91. The lowest BCUT2D eigenvalue weighted by Gasteiger charge is -2.15. The van der Waals surface area contributed by atoms with E-state index in [0.29, 0.717) is 12.1 Å². The zero-order valence-corrected chi connectivity index (χ0v) is 11.0. The fourth-order valence-corrected chi connectivity index (χ4v) is 1.91. The normalized spacial score (nSPS) is 12.4. The van der Waals surface area contributed by atoms with E-state index < -0.39 is 11.6 Å². The van der Waals surface area contributed by atoms with Crippen LogP contribution < -0.4 is 5.32 Å². The van der Waals surface area contributed by atoms with Gasteiger partial charge in [-0.15, -0.1) is 0 Å². The summed E-state index contributed by atoms with van der Waals surface area (Å²) >= 11 is 0. The molecular formula is C15H16F2N2. The first-order valence-corrected chi connectivity index (χ1v) is 6.15. The van der Waals surface area contributed by atoms with Crippen LogP contribution in [0.2, 0.25) is 0 Å². The molecule has 0 aliphatic carbocycles. The van der Waals surface area contributed by atoms with Crippen molar-refractivity contribution in [1.82, 2.24) is 10.3 Å². The summed E-state index contributed by atoms with van der Waals surface area (Å²) in [6.45, 7) is 4.45. The second-order valence-electron chi connectivity index (χ2n) is 4.57. The molecule has 1 N–H and O–H groups in total. The minimum atomic E-state index is -0.559. The minimum Gasteiger partial charge on any atom is -0.306 e. The number of pyridine rings is 1. The number of halogens is 2. The third-order valence-electron chi connectivity index (χ3n) is 3.18. The zero-order valence-electron chi connectivity index (χ0n) is 11.0. The molecule has 1 aromatic heterocycles. The SMILES string of the molecule is Cc1ccncc1CNC(C)c1ccc(F)cc1F. The largest absolute Gasteiger partial charge is 0.306 e. The van der Waals surface area contributed by atoms with E-state index in [1.54, 1.807) is 12.4 Å². The Labute approximate surface area is 111 Å². The second-order valence-corrected chi connectivity index (χ2v) is 4.57. The van der Waals surface area contributed by atoms with E-state index in [1.807, 2.05) is 19.9 Å². The molecule has 0 saturated carbocycles. The minimum absolute atomic E-state index is 0.194. The molecule has 2 aromatic rings. The first-order valence-electron chi connectivity index (χ1n) is 6.15. The predicted molar refractivity (Wildman–Crippen MR) is 70.6 cm³/mol. The number of nitrogens with zero attached hydrogens (tertiary/aromatic N) is 1. The Morgan fingerprint density at radius 3 is 2.74 bits per heavy atom. The monoisotopic (exact) mass is 262 g/mol. The number of hydrogen-bond donors (Lipinski definition) is 1. The number of rotatable bonds is 4. The molecule has 0 spiro atoms. The molecule has 2 nitrogen and oxygen atoms in total. The maximum Gasteiger partial charge on any atom is 0.130 e. The summed E-state index contributed by atoms with van der Waals surface area (Å²) in [7, 11) is 0. The summed E-state index contributed by atoms with van der Waals surface area (Å²) in [4.78, 5) is 4.06. The van der Waals surface area contributed by atoms with Gasteiger partial charge in [0.2, 0.25) is 0 Å². The van der Waals surface area contributed by atoms with Crippen molar-refractivity contribution in [3.8, 4) is 0 Å². The topological polar surface area (TPSA) is 24.9 Å². The highest BCUT2D eigenvalue weighted by molar-refractivity contribution is 5.24. The van der Waals surface area contributed by atoms with Crippen molar-refractivity contribution < 1.29 is 8.78 Å². The number of benzene rings is 1. The van der Waals surface area contributed by atoms with Gasteiger partial charge in [0.15, 0.2) is 0 Å². The summed E-state index contributed by atoms with van der Waals surface area (Å²) in [5, 5.41) is 3.21. The van der Waals surface area contributed by atoms with Crippen LogP contribution in [-0.2, 0) is 6.54 Å². The first-order chi connectivity index (χ1) is 9.08. The zero-order chi connectivity index (χ0) is 13.8. The van der Waals surface area contributed by atoms with Gasteiger partial charge in [0.25, 0.3) is 0 Å². The molecule has 0 aliphatic heterocycles. The smallest absolute Gasteiger partial charge is 0.130 e. The Morgan fingerprint density at radius 2 is 2.05 bits per heavy atom. The van der Waals surface area contributed by atoms with Gasteiger partial charge in [-0.2, -0.15) is 0 Å². The van der Waals surface area contributed by atoms with Crippen molar-refractivity contribution >= 4 is 0 Å². The molecule has 0 aliphatic rings. The van der Waals surface area contributed by atoms with E-state index in [1.165, 1.54) is 12.1 Å². The van der Waals surface area contributed by atoms with Crippen LogP contribution in [0.4, 0.5) is 8.78 Å². The lowest BCUT2D eigenvalue weighted by atomic mass is 10.1. The van der Waals surface area contributed by atoms with E-state index >= 15 is 0 Å². The van der Waals surface area contributed by atoms with Crippen molar-refractivity contribution in [3.63, 3.8) is 0 Å². The number of nitrogens with one attached hydrogen (secondary N) is 1. The molecule has 4 heteroatoms. The van der Waals surface area contributed by atoms with Crippen molar-refractivity contribution in [1.29, 1.82) is 0 Å². The van der Waals surface area contributed by atoms with Gasteiger partial charge in [0.05, 0.1) is 0 Å². The van der Waals surface area contributed by atoms with Crippen molar-refractivity contribution in [2.24, 2.45) is 0 Å². The van der Waals surface area contributed by atoms with Gasteiger partial charge in [-0.3, -0.25) is 4.98 Å². The Hall–Kier alpha value is -1.81. The molecule has 0 bridgehead atoms. The van der Waals surface area contributed by atoms with Crippen LogP contribution >= 0.6 is 0 Å². The van der Waals surface area contributed by atoms with Gasteiger partial charge in [-0.25, -0.2) is 8.78 Å². The lowest BCUT2D eigenvalue weighted by Crippen LogP contribution is -2.19. The molecule has 1 atom stereocenters. The molecule has 100 valence electrons. The fraction of sp³-hybridized carbons (Fsp3) is 0.267. The van der Waals surface area contributed by atoms with Gasteiger partial charge in [0, 0.05) is 36.6 Å². The summed E-state index contributed by atoms with van der Waals surface area (Å²) in [6, 6.07) is 5.38. The van der Waals surface area contributed by atoms with E-state index in [2.05, 4.69) is 10.3 Å². The van der Waals surface area contributed by atoms with E-state index in [4.69, 9.17) is 0 Å². The van der Waals surface area contributed by atoms with Gasteiger partial charge in [-0.1, -0.05) is 6.07 Å². The number of aryl methyl sites for hydroxylation is 1. The van der Waals surface area contributed by atoms with E-state index in [9.17, 15) is 8.78 Å². The lowest BCUT2D eigenvalue weighted by molar-refractivity contribution is 0.517. The molecule has 0 saturated heterocycles. The van der Waals surface area contributed by atoms with Crippen molar-refractivity contribution in [3.05, 3.63) is 65.0 Å². The van der Waals surface area contributed by atoms with E-state index in [0.717, 1.165) is 17.2 Å². The summed E-state index contributed by atoms with van der Waals surface area (Å²) in [5.74, 6) is -1.08. The molecule has 0 fully saturated rings. The molecule has 2 rings (SSSR count). The van der Waals surface area contributed by atoms with Gasteiger partial charge in [0.1, 0.15) is 11.6 Å². The van der Waals surface area contributed by atoms with Crippen LogP contribution in [0.5, 0.6) is 0 Å². The third kappa shape index (κ3) is 3.35. The average molecular weight is 262 g/mol. The molecule has 1 unspecified atom stereocenters. The molecule has 0 amide bonds. The van der Waals surface area contributed by atoms with Crippen LogP contribution in [0.3, 0.4) is 0 Å². The van der Waals surface area contributed by atoms with Crippen molar-refractivity contribution in [2.45, 2.75) is 26.4 Å². The highest BCUT2D eigenvalue weighted by Crippen LogP contribution is 2.18. The molecule has 1 aromatic carbocycles. The molecule has 1 heterocycles. The third-order valence-corrected chi connectivity index (χ3v) is 3.18. The Morgan fingerprint density at radius 1 is 1.26 bits per heavy atom. The van der Waals surface area contributed by atoms with Crippen LogP contribution in [0.15, 0.2) is 36.7 Å². The van der Waals surface area contributed by atoms with Crippen LogP contribution in [-0.4, -0.2) is 4.98 Å². The standard InChI is InChI=1S/C15H16F2N2/c1-10-5-6-18-8-12(10)9-19-11(2)14-4-3-13(16)7-15(14)17/h3-8,11,19H,9H2,1-2H3. The maximum atomic E-state index is 13.6. The van der Waals surface area contributed by atoms with Crippen molar-refractivity contribution in [2.75, 3.05) is 0 Å².